The van der Waals surface area contributed by atoms with E-state index < -0.39 is 13.0 Å². The van der Waals surface area contributed by atoms with Gasteiger partial charge in [-0.05, 0) is 37.2 Å². The van der Waals surface area contributed by atoms with Crippen molar-refractivity contribution in [2.45, 2.75) is 44.6 Å². The Morgan fingerprint density at radius 1 is 1.38 bits per heavy atom. The minimum Gasteiger partial charge on any atom is -0.472 e. The Bertz CT molecular complexity index is 577. The van der Waals surface area contributed by atoms with Gasteiger partial charge in [0.2, 0.25) is 5.88 Å². The SMILES string of the molecule is O=C(N[C@H]1CCCC12CCOCC2)c1cccc(OCC(F)F)n1. The molecule has 2 heterocycles. The highest BCUT2D eigenvalue weighted by Gasteiger charge is 2.44. The molecule has 0 radical (unpaired) electrons. The third-order valence-corrected chi connectivity index (χ3v) is 5.01. The minimum atomic E-state index is -2.57. The molecule has 1 saturated carbocycles. The molecule has 1 N–H and O–H groups in total. The number of nitrogens with one attached hydrogen (secondary N) is 1. The third-order valence-electron chi connectivity index (χ3n) is 5.01. The number of ether oxygens (including phenoxy) is 2. The zero-order valence-corrected chi connectivity index (χ0v) is 13.5. The first-order chi connectivity index (χ1) is 11.6. The Morgan fingerprint density at radius 2 is 2.17 bits per heavy atom. The summed E-state index contributed by atoms with van der Waals surface area (Å²) in [6, 6.07) is 4.73. The van der Waals surface area contributed by atoms with Gasteiger partial charge in [-0.2, -0.15) is 0 Å². The fourth-order valence-electron chi connectivity index (χ4n) is 3.74. The molecule has 0 aromatic carbocycles. The van der Waals surface area contributed by atoms with Gasteiger partial charge in [-0.3, -0.25) is 4.79 Å². The van der Waals surface area contributed by atoms with Crippen LogP contribution in [-0.4, -0.2) is 43.2 Å². The Morgan fingerprint density at radius 3 is 2.92 bits per heavy atom. The number of hydrogen-bond acceptors (Lipinski definition) is 4. The zero-order valence-electron chi connectivity index (χ0n) is 13.5. The van der Waals surface area contributed by atoms with Gasteiger partial charge in [0.1, 0.15) is 5.69 Å². The molecule has 2 fully saturated rings. The van der Waals surface area contributed by atoms with E-state index in [0.29, 0.717) is 0 Å². The molecule has 1 atom stereocenters. The molecule has 1 aromatic heterocycles. The summed E-state index contributed by atoms with van der Waals surface area (Å²) in [7, 11) is 0. The predicted molar refractivity (Wildman–Crippen MR) is 83.3 cm³/mol. The number of alkyl halides is 2. The van der Waals surface area contributed by atoms with Crippen molar-refractivity contribution < 1.29 is 23.0 Å². The molecule has 24 heavy (non-hydrogen) atoms. The van der Waals surface area contributed by atoms with Crippen molar-refractivity contribution in [3.05, 3.63) is 23.9 Å². The van der Waals surface area contributed by atoms with Crippen molar-refractivity contribution in [3.63, 3.8) is 0 Å². The summed E-state index contributed by atoms with van der Waals surface area (Å²) in [5.74, 6) is -0.245. The summed E-state index contributed by atoms with van der Waals surface area (Å²) in [6.07, 6.45) is 2.50. The Labute approximate surface area is 139 Å². The zero-order chi connectivity index (χ0) is 17.0. The maximum absolute atomic E-state index is 12.5. The van der Waals surface area contributed by atoms with Crippen molar-refractivity contribution in [2.75, 3.05) is 19.8 Å². The molecule has 7 heteroatoms. The first-order valence-corrected chi connectivity index (χ1v) is 8.36. The summed E-state index contributed by atoms with van der Waals surface area (Å²) in [5.41, 5.74) is 0.313. The number of nitrogens with zero attached hydrogens (tertiary/aromatic N) is 1. The molecule has 0 unspecified atom stereocenters. The number of hydrogen-bond donors (Lipinski definition) is 1. The minimum absolute atomic E-state index is 0.0372. The predicted octanol–water partition coefficient (Wildman–Crippen LogP) is 2.80. The molecule has 2 aliphatic rings. The summed E-state index contributed by atoms with van der Waals surface area (Å²) < 4.78 is 34.8. The highest BCUT2D eigenvalue weighted by atomic mass is 19.3. The van der Waals surface area contributed by atoms with E-state index in [2.05, 4.69) is 10.3 Å². The summed E-state index contributed by atoms with van der Waals surface area (Å²) >= 11 is 0. The molecule has 1 aliphatic heterocycles. The van der Waals surface area contributed by atoms with E-state index in [1.165, 1.54) is 6.07 Å². The molecule has 5 nitrogen and oxygen atoms in total. The molecular formula is C17H22F2N2O3. The number of pyridine rings is 1. The highest BCUT2D eigenvalue weighted by Crippen LogP contribution is 2.46. The van der Waals surface area contributed by atoms with Gasteiger partial charge in [0, 0.05) is 25.3 Å². The monoisotopic (exact) mass is 340 g/mol. The van der Waals surface area contributed by atoms with Gasteiger partial charge in [0.15, 0.2) is 6.61 Å². The van der Waals surface area contributed by atoms with E-state index >= 15 is 0 Å². The second-order valence-corrected chi connectivity index (χ2v) is 6.46. The summed E-state index contributed by atoms with van der Waals surface area (Å²) in [5, 5.41) is 3.09. The fraction of sp³-hybridized carbons (Fsp3) is 0.647. The van der Waals surface area contributed by atoms with Crippen LogP contribution in [0.1, 0.15) is 42.6 Å². The molecule has 1 aromatic rings. The van der Waals surface area contributed by atoms with E-state index in [0.717, 1.165) is 45.3 Å². The van der Waals surface area contributed by atoms with Gasteiger partial charge in [0.05, 0.1) is 0 Å². The van der Waals surface area contributed by atoms with E-state index in [-0.39, 0.29) is 28.9 Å². The van der Waals surface area contributed by atoms with E-state index in [4.69, 9.17) is 9.47 Å². The van der Waals surface area contributed by atoms with Crippen LogP contribution in [0.15, 0.2) is 18.2 Å². The van der Waals surface area contributed by atoms with Crippen LogP contribution in [0.25, 0.3) is 0 Å². The van der Waals surface area contributed by atoms with Gasteiger partial charge >= 0.3 is 0 Å². The van der Waals surface area contributed by atoms with E-state index in [1.54, 1.807) is 12.1 Å². The van der Waals surface area contributed by atoms with Crippen LogP contribution in [0, 0.1) is 5.41 Å². The van der Waals surface area contributed by atoms with Gasteiger partial charge < -0.3 is 14.8 Å². The lowest BCUT2D eigenvalue weighted by Gasteiger charge is -2.39. The first-order valence-electron chi connectivity index (χ1n) is 8.36. The fourth-order valence-corrected chi connectivity index (χ4v) is 3.74. The Kier molecular flexibility index (Phi) is 5.28. The van der Waals surface area contributed by atoms with Crippen molar-refractivity contribution in [2.24, 2.45) is 5.41 Å². The third kappa shape index (κ3) is 3.83. The smallest absolute Gasteiger partial charge is 0.272 e. The molecule has 1 saturated heterocycles. The van der Waals surface area contributed by atoms with Gasteiger partial charge in [-0.25, -0.2) is 13.8 Å². The second kappa shape index (κ2) is 7.42. The largest absolute Gasteiger partial charge is 0.472 e. The number of halogens is 2. The number of amides is 1. The topological polar surface area (TPSA) is 60.5 Å². The van der Waals surface area contributed by atoms with Gasteiger partial charge in [0.25, 0.3) is 12.3 Å². The average molecular weight is 340 g/mol. The second-order valence-electron chi connectivity index (χ2n) is 6.46. The van der Waals surface area contributed by atoms with Crippen LogP contribution in [0.3, 0.4) is 0 Å². The number of carbonyl (C=O) groups is 1. The lowest BCUT2D eigenvalue weighted by atomic mass is 9.75. The molecule has 1 amide bonds. The molecule has 1 aliphatic carbocycles. The van der Waals surface area contributed by atoms with E-state index in [1.807, 2.05) is 0 Å². The lowest BCUT2D eigenvalue weighted by Crippen LogP contribution is -2.47. The Hall–Kier alpha value is -1.76. The van der Waals surface area contributed by atoms with Crippen molar-refractivity contribution in [3.8, 4) is 5.88 Å². The molecule has 1 spiro atoms. The van der Waals surface area contributed by atoms with Crippen LogP contribution in [0.2, 0.25) is 0 Å². The van der Waals surface area contributed by atoms with Crippen molar-refractivity contribution in [1.29, 1.82) is 0 Å². The number of rotatable bonds is 5. The van der Waals surface area contributed by atoms with Crippen LogP contribution in [0.4, 0.5) is 8.78 Å². The van der Waals surface area contributed by atoms with Crippen molar-refractivity contribution >= 4 is 5.91 Å². The molecule has 0 bridgehead atoms. The standard InChI is InChI=1S/C17H22F2N2O3/c18-14(19)11-24-15-5-1-3-12(20-15)16(22)21-13-4-2-6-17(13)7-9-23-10-8-17/h1,3,5,13-14H,2,4,6-11H2,(H,21,22)/t13-/m0/s1. The summed E-state index contributed by atoms with van der Waals surface area (Å²) in [6.45, 7) is 0.743. The maximum Gasteiger partial charge on any atom is 0.272 e. The van der Waals surface area contributed by atoms with Crippen molar-refractivity contribution in [1.82, 2.24) is 10.3 Å². The van der Waals surface area contributed by atoms with Crippen LogP contribution >= 0.6 is 0 Å². The molecule has 132 valence electrons. The lowest BCUT2D eigenvalue weighted by molar-refractivity contribution is 0.00468. The maximum atomic E-state index is 12.5. The average Bonchev–Trinajstić information content (AvgIpc) is 2.95. The number of carbonyl (C=O) groups excluding carboxylic acids is 1. The Balaban J connectivity index is 1.65. The number of aromatic nitrogens is 1. The highest BCUT2D eigenvalue weighted by molar-refractivity contribution is 5.92. The normalized spacial score (nSPS) is 22.7. The van der Waals surface area contributed by atoms with E-state index in [9.17, 15) is 13.6 Å². The van der Waals surface area contributed by atoms with Gasteiger partial charge in [-0.1, -0.05) is 12.5 Å². The first kappa shape index (κ1) is 17.1. The van der Waals surface area contributed by atoms with Crippen LogP contribution in [0.5, 0.6) is 5.88 Å². The van der Waals surface area contributed by atoms with Crippen LogP contribution < -0.4 is 10.1 Å². The van der Waals surface area contributed by atoms with Gasteiger partial charge in [-0.15, -0.1) is 0 Å². The molecule has 3 rings (SSSR count). The molecular weight excluding hydrogens is 318 g/mol. The quantitative estimate of drug-likeness (QED) is 0.895. The van der Waals surface area contributed by atoms with Crippen LogP contribution in [-0.2, 0) is 4.74 Å². The summed E-state index contributed by atoms with van der Waals surface area (Å²) in [4.78, 5) is 16.5.